The van der Waals surface area contributed by atoms with Crippen LogP contribution in [0.25, 0.3) is 5.57 Å². The SMILES string of the molecule is CCCCC/C=C(\CC)c1cccc(CCCN=O)c1. The van der Waals surface area contributed by atoms with Crippen molar-refractivity contribution < 1.29 is 0 Å². The lowest BCUT2D eigenvalue weighted by Crippen LogP contribution is -1.91. The van der Waals surface area contributed by atoms with Crippen molar-refractivity contribution in [2.45, 2.75) is 58.8 Å². The first-order valence-electron chi connectivity index (χ1n) is 7.89. The molecule has 0 radical (unpaired) electrons. The number of aryl methyl sites for hydroxylation is 1. The van der Waals surface area contributed by atoms with Crippen molar-refractivity contribution in [3.8, 4) is 0 Å². The summed E-state index contributed by atoms with van der Waals surface area (Å²) in [5.41, 5.74) is 4.08. The molecule has 0 amide bonds. The Morgan fingerprint density at radius 1 is 1.20 bits per heavy atom. The smallest absolute Gasteiger partial charge is 0.0814 e. The molecule has 2 heteroatoms. The Labute approximate surface area is 123 Å². The Kier molecular flexibility index (Phi) is 8.61. The molecule has 0 saturated carbocycles. The van der Waals surface area contributed by atoms with E-state index in [9.17, 15) is 4.91 Å². The Hall–Kier alpha value is -1.44. The van der Waals surface area contributed by atoms with Crippen molar-refractivity contribution in [1.82, 2.24) is 0 Å². The molecule has 0 unspecified atom stereocenters. The minimum absolute atomic E-state index is 0.414. The van der Waals surface area contributed by atoms with Gasteiger partial charge in [-0.05, 0) is 48.8 Å². The molecule has 0 saturated heterocycles. The molecule has 0 aromatic heterocycles. The number of allylic oxidation sites excluding steroid dienone is 2. The van der Waals surface area contributed by atoms with Crippen LogP contribution < -0.4 is 0 Å². The summed E-state index contributed by atoms with van der Waals surface area (Å²) in [4.78, 5) is 10.1. The van der Waals surface area contributed by atoms with Crippen LogP contribution in [0.2, 0.25) is 0 Å². The average Bonchev–Trinajstić information content (AvgIpc) is 2.48. The molecule has 1 aromatic carbocycles. The number of unbranched alkanes of at least 4 members (excludes halogenated alkanes) is 3. The van der Waals surface area contributed by atoms with Crippen LogP contribution in [-0.2, 0) is 6.42 Å². The average molecular weight is 273 g/mol. The summed E-state index contributed by atoms with van der Waals surface area (Å²) in [6.45, 7) is 4.87. The second-order valence-electron chi connectivity index (χ2n) is 5.24. The van der Waals surface area contributed by atoms with Crippen molar-refractivity contribution in [3.05, 3.63) is 46.4 Å². The molecular formula is C18H27NO. The van der Waals surface area contributed by atoms with Crippen LogP contribution in [-0.4, -0.2) is 6.54 Å². The van der Waals surface area contributed by atoms with E-state index in [1.54, 1.807) is 0 Å². The lowest BCUT2D eigenvalue weighted by molar-refractivity contribution is 0.729. The van der Waals surface area contributed by atoms with Gasteiger partial charge in [0, 0.05) is 0 Å². The molecule has 0 heterocycles. The number of nitroso groups, excluding NO2 is 1. The maximum atomic E-state index is 10.1. The van der Waals surface area contributed by atoms with Crippen molar-refractivity contribution in [3.63, 3.8) is 0 Å². The number of hydrogen-bond acceptors (Lipinski definition) is 2. The van der Waals surface area contributed by atoms with Gasteiger partial charge in [-0.25, -0.2) is 0 Å². The van der Waals surface area contributed by atoms with E-state index in [1.807, 2.05) is 0 Å². The second kappa shape index (κ2) is 10.4. The monoisotopic (exact) mass is 273 g/mol. The molecule has 0 bridgehead atoms. The van der Waals surface area contributed by atoms with Crippen molar-refractivity contribution in [1.29, 1.82) is 0 Å². The molecule has 2 nitrogen and oxygen atoms in total. The predicted octanol–water partition coefficient (Wildman–Crippen LogP) is 5.76. The summed E-state index contributed by atoms with van der Waals surface area (Å²) >= 11 is 0. The van der Waals surface area contributed by atoms with E-state index in [-0.39, 0.29) is 0 Å². The molecule has 1 aromatic rings. The van der Waals surface area contributed by atoms with E-state index < -0.39 is 0 Å². The van der Waals surface area contributed by atoms with Gasteiger partial charge in [0.25, 0.3) is 0 Å². The van der Waals surface area contributed by atoms with Crippen molar-refractivity contribution in [2.75, 3.05) is 6.54 Å². The third-order valence-electron chi connectivity index (χ3n) is 3.59. The summed E-state index contributed by atoms with van der Waals surface area (Å²) in [7, 11) is 0. The van der Waals surface area contributed by atoms with Crippen molar-refractivity contribution in [2.24, 2.45) is 5.18 Å². The highest BCUT2D eigenvalue weighted by Crippen LogP contribution is 2.21. The first kappa shape index (κ1) is 16.6. The van der Waals surface area contributed by atoms with Crippen LogP contribution in [0.15, 0.2) is 35.5 Å². The quantitative estimate of drug-likeness (QED) is 0.393. The zero-order valence-electron chi connectivity index (χ0n) is 12.9. The highest BCUT2D eigenvalue weighted by Gasteiger charge is 2.01. The molecule has 0 N–H and O–H groups in total. The summed E-state index contributed by atoms with van der Waals surface area (Å²) in [6, 6.07) is 8.71. The standard InChI is InChI=1S/C18H27NO/c1-3-5-6-7-12-17(4-2)18-13-8-10-16(15-18)11-9-14-19-20/h8,10,12-13,15H,3-7,9,11,14H2,1-2H3/b17-12+. The molecule has 0 spiro atoms. The molecular weight excluding hydrogens is 246 g/mol. The molecule has 0 atom stereocenters. The number of nitrogens with zero attached hydrogens (tertiary/aromatic N) is 1. The third-order valence-corrected chi connectivity index (χ3v) is 3.59. The normalized spacial score (nSPS) is 11.6. The van der Waals surface area contributed by atoms with E-state index >= 15 is 0 Å². The zero-order valence-corrected chi connectivity index (χ0v) is 12.9. The maximum absolute atomic E-state index is 10.1. The van der Waals surface area contributed by atoms with Gasteiger partial charge >= 0.3 is 0 Å². The zero-order chi connectivity index (χ0) is 14.6. The fraction of sp³-hybridized carbons (Fsp3) is 0.556. The summed E-state index contributed by atoms with van der Waals surface area (Å²) < 4.78 is 0. The summed E-state index contributed by atoms with van der Waals surface area (Å²) in [5, 5.41) is 2.92. The molecule has 1 rings (SSSR count). The van der Waals surface area contributed by atoms with Gasteiger partial charge in [0.1, 0.15) is 0 Å². The lowest BCUT2D eigenvalue weighted by Gasteiger charge is -2.08. The predicted molar refractivity (Wildman–Crippen MR) is 87.8 cm³/mol. The van der Waals surface area contributed by atoms with Gasteiger partial charge in [0.05, 0.1) is 6.54 Å². The van der Waals surface area contributed by atoms with E-state index in [0.29, 0.717) is 6.54 Å². The highest BCUT2D eigenvalue weighted by molar-refractivity contribution is 5.65. The molecule has 110 valence electrons. The Morgan fingerprint density at radius 3 is 2.75 bits per heavy atom. The van der Waals surface area contributed by atoms with Crippen LogP contribution in [0.1, 0.15) is 63.5 Å². The summed E-state index contributed by atoms with van der Waals surface area (Å²) in [5.74, 6) is 0. The van der Waals surface area contributed by atoms with Gasteiger partial charge in [0.2, 0.25) is 0 Å². The molecule has 20 heavy (non-hydrogen) atoms. The Balaban J connectivity index is 2.66. The van der Waals surface area contributed by atoms with Crippen LogP contribution >= 0.6 is 0 Å². The van der Waals surface area contributed by atoms with Gasteiger partial charge < -0.3 is 0 Å². The Bertz CT molecular complexity index is 423. The van der Waals surface area contributed by atoms with E-state index in [0.717, 1.165) is 19.3 Å². The first-order valence-corrected chi connectivity index (χ1v) is 7.89. The molecule has 0 fully saturated rings. The van der Waals surface area contributed by atoms with E-state index in [4.69, 9.17) is 0 Å². The van der Waals surface area contributed by atoms with Gasteiger partial charge in [-0.15, -0.1) is 0 Å². The lowest BCUT2D eigenvalue weighted by atomic mass is 9.98. The molecule has 0 aliphatic carbocycles. The number of rotatable bonds is 10. The van der Waals surface area contributed by atoms with Gasteiger partial charge in [-0.2, -0.15) is 4.91 Å². The third kappa shape index (κ3) is 6.14. The topological polar surface area (TPSA) is 29.4 Å². The largest absolute Gasteiger partial charge is 0.151 e. The minimum Gasteiger partial charge on any atom is -0.151 e. The van der Waals surface area contributed by atoms with Crippen LogP contribution in [0, 0.1) is 4.91 Å². The van der Waals surface area contributed by atoms with Crippen molar-refractivity contribution >= 4 is 5.57 Å². The summed E-state index contributed by atoms with van der Waals surface area (Å²) in [6.07, 6.45) is 10.3. The van der Waals surface area contributed by atoms with E-state index in [1.165, 1.54) is 42.4 Å². The van der Waals surface area contributed by atoms with Gasteiger partial charge in [-0.3, -0.25) is 0 Å². The Morgan fingerprint density at radius 2 is 2.05 bits per heavy atom. The van der Waals surface area contributed by atoms with Crippen LogP contribution in [0.3, 0.4) is 0 Å². The molecule has 0 aliphatic rings. The van der Waals surface area contributed by atoms with Gasteiger partial charge in [0.15, 0.2) is 0 Å². The number of hydrogen-bond donors (Lipinski definition) is 0. The van der Waals surface area contributed by atoms with Crippen LogP contribution in [0.5, 0.6) is 0 Å². The first-order chi connectivity index (χ1) is 9.81. The fourth-order valence-corrected chi connectivity index (χ4v) is 2.41. The second-order valence-corrected chi connectivity index (χ2v) is 5.24. The van der Waals surface area contributed by atoms with E-state index in [2.05, 4.69) is 49.4 Å². The fourth-order valence-electron chi connectivity index (χ4n) is 2.41. The maximum Gasteiger partial charge on any atom is 0.0814 e. The minimum atomic E-state index is 0.414. The van der Waals surface area contributed by atoms with Gasteiger partial charge in [-0.1, -0.05) is 62.2 Å². The number of benzene rings is 1. The highest BCUT2D eigenvalue weighted by atomic mass is 16.3. The molecule has 0 aliphatic heterocycles. The van der Waals surface area contributed by atoms with Crippen LogP contribution in [0.4, 0.5) is 0 Å².